The van der Waals surface area contributed by atoms with Crippen molar-refractivity contribution >= 4 is 21.4 Å². The molecule has 1 N–H and O–H groups in total. The van der Waals surface area contributed by atoms with Crippen molar-refractivity contribution in [1.29, 1.82) is 0 Å². The molecular formula is C28H38F2N6O2S. The van der Waals surface area contributed by atoms with Crippen LogP contribution in [0, 0.1) is 17.6 Å². The van der Waals surface area contributed by atoms with Gasteiger partial charge in [0.2, 0.25) is 10.0 Å². The molecule has 5 rings (SSSR count). The zero-order valence-electron chi connectivity index (χ0n) is 23.0. The van der Waals surface area contributed by atoms with Crippen LogP contribution in [0.25, 0.3) is 0 Å². The molecular weight excluding hydrogens is 522 g/mol. The number of halogens is 2. The van der Waals surface area contributed by atoms with Gasteiger partial charge in [0.15, 0.2) is 11.6 Å². The molecule has 0 amide bonds. The maximum absolute atomic E-state index is 15.4. The molecule has 1 aromatic carbocycles. The fraction of sp³-hybridized carbons (Fsp3) is 0.571. The predicted molar refractivity (Wildman–Crippen MR) is 150 cm³/mol. The summed E-state index contributed by atoms with van der Waals surface area (Å²) < 4.78 is 57.0. The Balaban J connectivity index is 1.36. The van der Waals surface area contributed by atoms with Crippen molar-refractivity contribution in [3.8, 4) is 0 Å². The van der Waals surface area contributed by atoms with E-state index in [1.54, 1.807) is 0 Å². The Bertz CT molecular complexity index is 1330. The summed E-state index contributed by atoms with van der Waals surface area (Å²) in [4.78, 5) is 5.00. The van der Waals surface area contributed by atoms with Crippen molar-refractivity contribution in [2.75, 3.05) is 49.0 Å². The zero-order valence-corrected chi connectivity index (χ0v) is 23.8. The topological polar surface area (TPSA) is 80.6 Å². The van der Waals surface area contributed by atoms with Crippen LogP contribution < -0.4 is 9.73 Å². The van der Waals surface area contributed by atoms with Gasteiger partial charge in [-0.3, -0.25) is 9.62 Å². The smallest absolute Gasteiger partial charge is 0.235 e. The van der Waals surface area contributed by atoms with E-state index in [4.69, 9.17) is 0 Å². The number of anilines is 2. The van der Waals surface area contributed by atoms with Gasteiger partial charge in [-0.15, -0.1) is 5.11 Å². The van der Waals surface area contributed by atoms with E-state index < -0.39 is 32.6 Å². The van der Waals surface area contributed by atoms with Gasteiger partial charge in [0.05, 0.1) is 23.2 Å². The second-order valence-electron chi connectivity index (χ2n) is 11.1. The lowest BCUT2D eigenvalue weighted by molar-refractivity contribution is 0.157. The summed E-state index contributed by atoms with van der Waals surface area (Å²) >= 11 is 0. The maximum Gasteiger partial charge on any atom is 0.235 e. The first-order valence-corrected chi connectivity index (χ1v) is 15.5. The van der Waals surface area contributed by atoms with Gasteiger partial charge in [0, 0.05) is 38.4 Å². The Kier molecular flexibility index (Phi) is 8.09. The van der Waals surface area contributed by atoms with Crippen LogP contribution in [0.15, 0.2) is 57.2 Å². The van der Waals surface area contributed by atoms with Gasteiger partial charge in [-0.1, -0.05) is 17.7 Å². The molecule has 1 saturated carbocycles. The molecule has 0 radical (unpaired) electrons. The third-order valence-electron chi connectivity index (χ3n) is 7.94. The van der Waals surface area contributed by atoms with E-state index in [0.29, 0.717) is 5.70 Å². The fourth-order valence-corrected chi connectivity index (χ4v) is 5.84. The van der Waals surface area contributed by atoms with E-state index in [-0.39, 0.29) is 12.2 Å². The molecule has 2 fully saturated rings. The van der Waals surface area contributed by atoms with E-state index in [1.807, 2.05) is 0 Å². The second-order valence-corrected chi connectivity index (χ2v) is 13.4. The molecule has 4 aliphatic rings. The van der Waals surface area contributed by atoms with E-state index in [0.717, 1.165) is 74.8 Å². The third kappa shape index (κ3) is 6.35. The molecule has 0 atom stereocenters. The quantitative estimate of drug-likeness (QED) is 0.448. The van der Waals surface area contributed by atoms with Crippen LogP contribution in [-0.4, -0.2) is 62.7 Å². The van der Waals surface area contributed by atoms with Crippen LogP contribution in [0.1, 0.15) is 52.9 Å². The standard InChI is InChI=1S/C28H38F2N6O2S/c1-4-20-7-8-22(16-23(15-20)35-13-11-34(12-14-35)17-21-5-6-21)26-18-36(33-31-26)28-24(29)9-10-25(27(28)30)32-39(37,38)19(2)3/h9-10,15-16,19,21,32H,4-8,11-14,17-18H2,1-3H3/b26-22+. The maximum atomic E-state index is 15.4. The van der Waals surface area contributed by atoms with E-state index in [2.05, 4.69) is 43.9 Å². The summed E-state index contributed by atoms with van der Waals surface area (Å²) in [6.07, 6.45) is 9.80. The summed E-state index contributed by atoms with van der Waals surface area (Å²) in [5.74, 6) is -0.958. The molecule has 2 aliphatic heterocycles. The molecule has 1 saturated heterocycles. The van der Waals surface area contributed by atoms with Crippen molar-refractivity contribution in [3.05, 3.63) is 58.5 Å². The molecule has 8 nitrogen and oxygen atoms in total. The van der Waals surface area contributed by atoms with Crippen LogP contribution >= 0.6 is 0 Å². The number of nitrogens with zero attached hydrogens (tertiary/aromatic N) is 5. The lowest BCUT2D eigenvalue weighted by Crippen LogP contribution is -2.46. The Morgan fingerprint density at radius 2 is 1.82 bits per heavy atom. The number of sulfonamides is 1. The van der Waals surface area contributed by atoms with Crippen LogP contribution in [-0.2, 0) is 10.0 Å². The Hall–Kier alpha value is -2.79. The Morgan fingerprint density at radius 1 is 1.08 bits per heavy atom. The van der Waals surface area contributed by atoms with E-state index in [9.17, 15) is 12.8 Å². The monoisotopic (exact) mass is 560 g/mol. The molecule has 2 heterocycles. The van der Waals surface area contributed by atoms with Gasteiger partial charge in [-0.05, 0) is 81.7 Å². The van der Waals surface area contributed by atoms with Gasteiger partial charge in [-0.2, -0.15) is 0 Å². The predicted octanol–water partition coefficient (Wildman–Crippen LogP) is 5.60. The highest BCUT2D eigenvalue weighted by atomic mass is 32.2. The molecule has 1 aromatic rings. The van der Waals surface area contributed by atoms with Crippen LogP contribution in [0.2, 0.25) is 0 Å². The highest BCUT2D eigenvalue weighted by Gasteiger charge is 2.29. The number of benzene rings is 1. The lowest BCUT2D eigenvalue weighted by Gasteiger charge is -2.37. The first-order valence-electron chi connectivity index (χ1n) is 13.9. The number of piperazine rings is 1. The van der Waals surface area contributed by atoms with Gasteiger partial charge < -0.3 is 4.90 Å². The number of rotatable bonds is 8. The summed E-state index contributed by atoms with van der Waals surface area (Å²) in [5, 5.41) is 8.80. The minimum atomic E-state index is -3.81. The number of hydrogen-bond donors (Lipinski definition) is 1. The highest BCUT2D eigenvalue weighted by Crippen LogP contribution is 2.36. The fourth-order valence-electron chi connectivity index (χ4n) is 5.14. The van der Waals surface area contributed by atoms with Crippen molar-refractivity contribution in [3.63, 3.8) is 0 Å². The molecule has 0 aromatic heterocycles. The van der Waals surface area contributed by atoms with Gasteiger partial charge >= 0.3 is 0 Å². The van der Waals surface area contributed by atoms with Crippen molar-refractivity contribution in [2.45, 2.75) is 58.1 Å². The van der Waals surface area contributed by atoms with Crippen LogP contribution in [0.3, 0.4) is 0 Å². The van der Waals surface area contributed by atoms with Crippen molar-refractivity contribution < 1.29 is 17.2 Å². The zero-order chi connectivity index (χ0) is 27.7. The second kappa shape index (κ2) is 11.4. The summed E-state index contributed by atoms with van der Waals surface area (Å²) in [5.41, 5.74) is 3.47. The van der Waals surface area contributed by atoms with Crippen LogP contribution in [0.4, 0.5) is 20.2 Å². The SMILES string of the molecule is CCC1=CC(N2CCN(CC3CC3)CC2)=C/C(=C2\CN(c3c(F)ccc(NS(=O)(=O)C(C)C)c3F)N=N2)CC1. The Labute approximate surface area is 230 Å². The third-order valence-corrected chi connectivity index (χ3v) is 9.68. The molecule has 0 bridgehead atoms. The first kappa shape index (κ1) is 27.8. The number of allylic oxidation sites excluding steroid dienone is 4. The van der Waals surface area contributed by atoms with E-state index >= 15 is 4.39 Å². The number of nitrogens with one attached hydrogen (secondary N) is 1. The largest absolute Gasteiger partial charge is 0.369 e. The molecule has 0 spiro atoms. The highest BCUT2D eigenvalue weighted by molar-refractivity contribution is 7.93. The average molecular weight is 561 g/mol. The molecule has 2 aliphatic carbocycles. The van der Waals surface area contributed by atoms with Crippen molar-refractivity contribution in [1.82, 2.24) is 9.80 Å². The Morgan fingerprint density at radius 3 is 2.49 bits per heavy atom. The van der Waals surface area contributed by atoms with Gasteiger partial charge in [-0.25, -0.2) is 22.2 Å². The first-order chi connectivity index (χ1) is 18.6. The number of hydrogen-bond acceptors (Lipinski definition) is 7. The average Bonchev–Trinajstić information content (AvgIpc) is 3.65. The minimum Gasteiger partial charge on any atom is -0.369 e. The van der Waals surface area contributed by atoms with Gasteiger partial charge in [0.25, 0.3) is 0 Å². The summed E-state index contributed by atoms with van der Waals surface area (Å²) in [6, 6.07) is 2.13. The van der Waals surface area contributed by atoms with Crippen LogP contribution in [0.5, 0.6) is 0 Å². The molecule has 0 unspecified atom stereocenters. The van der Waals surface area contributed by atoms with E-state index in [1.165, 1.54) is 43.8 Å². The summed E-state index contributed by atoms with van der Waals surface area (Å²) in [7, 11) is -3.81. The normalized spacial score (nSPS) is 22.8. The lowest BCUT2D eigenvalue weighted by atomic mass is 10.0. The minimum absolute atomic E-state index is 0.101. The molecule has 11 heteroatoms. The summed E-state index contributed by atoms with van der Waals surface area (Å²) in [6.45, 7) is 10.5. The molecule has 212 valence electrons. The molecule has 39 heavy (non-hydrogen) atoms. The van der Waals surface area contributed by atoms with Gasteiger partial charge in [0.1, 0.15) is 5.69 Å². The van der Waals surface area contributed by atoms with Crippen molar-refractivity contribution in [2.24, 2.45) is 16.3 Å².